The number of nitrogens with zero attached hydrogens (tertiary/aromatic N) is 1. The summed E-state index contributed by atoms with van der Waals surface area (Å²) in [6, 6.07) is 17.0. The summed E-state index contributed by atoms with van der Waals surface area (Å²) in [5.74, 6) is 0.228. The molecule has 0 aliphatic carbocycles. The maximum Gasteiger partial charge on any atom is 0.321 e. The summed E-state index contributed by atoms with van der Waals surface area (Å²) in [6.07, 6.45) is 0. The van der Waals surface area contributed by atoms with Crippen LogP contribution in [-0.4, -0.2) is 31.7 Å². The second-order valence-corrected chi connectivity index (χ2v) is 6.08. The van der Waals surface area contributed by atoms with Crippen LogP contribution in [0.15, 0.2) is 54.6 Å². The minimum Gasteiger partial charge on any atom is -0.337 e. The van der Waals surface area contributed by atoms with Crippen molar-refractivity contribution in [2.24, 2.45) is 0 Å². The van der Waals surface area contributed by atoms with Gasteiger partial charge in [-0.3, -0.25) is 4.90 Å². The van der Waals surface area contributed by atoms with Crippen molar-refractivity contribution in [3.05, 3.63) is 60.2 Å². The molecule has 4 amide bonds. The molecular weight excluding hydrogens is 316 g/mol. The van der Waals surface area contributed by atoms with Crippen LogP contribution >= 0.6 is 0 Å². The SMILES string of the molecule is C[C@H](CNC(=O)Nc1cccc(N2CCNC2=O)c1)c1ccccc1. The van der Waals surface area contributed by atoms with Crippen molar-refractivity contribution in [2.75, 3.05) is 29.9 Å². The molecule has 1 fully saturated rings. The molecule has 3 rings (SSSR count). The topological polar surface area (TPSA) is 73.5 Å². The van der Waals surface area contributed by atoms with Crippen LogP contribution in [0.4, 0.5) is 21.0 Å². The van der Waals surface area contributed by atoms with E-state index in [9.17, 15) is 9.59 Å². The minimum absolute atomic E-state index is 0.113. The van der Waals surface area contributed by atoms with Gasteiger partial charge in [0, 0.05) is 31.0 Å². The maximum atomic E-state index is 12.1. The monoisotopic (exact) mass is 338 g/mol. The van der Waals surface area contributed by atoms with Crippen LogP contribution in [0.5, 0.6) is 0 Å². The zero-order valence-electron chi connectivity index (χ0n) is 14.2. The number of anilines is 2. The van der Waals surface area contributed by atoms with E-state index in [1.54, 1.807) is 17.0 Å². The first-order valence-corrected chi connectivity index (χ1v) is 8.39. The van der Waals surface area contributed by atoms with Crippen molar-refractivity contribution in [3.8, 4) is 0 Å². The number of carbonyl (C=O) groups excluding carboxylic acids is 2. The normalized spacial score (nSPS) is 14.8. The standard InChI is InChI=1S/C19H22N4O2/c1-14(15-6-3-2-4-7-15)13-21-18(24)22-16-8-5-9-17(12-16)23-11-10-20-19(23)25/h2-9,12,14H,10-11,13H2,1H3,(H,20,25)(H2,21,22,24)/t14-/m1/s1. The number of benzene rings is 2. The van der Waals surface area contributed by atoms with E-state index in [2.05, 4.69) is 35.0 Å². The molecule has 3 N–H and O–H groups in total. The summed E-state index contributed by atoms with van der Waals surface area (Å²) in [5, 5.41) is 8.47. The molecule has 130 valence electrons. The molecule has 25 heavy (non-hydrogen) atoms. The van der Waals surface area contributed by atoms with Gasteiger partial charge in [0.15, 0.2) is 0 Å². The van der Waals surface area contributed by atoms with Crippen molar-refractivity contribution in [1.29, 1.82) is 0 Å². The minimum atomic E-state index is -0.259. The first-order valence-electron chi connectivity index (χ1n) is 8.39. The Labute approximate surface area is 147 Å². The van der Waals surface area contributed by atoms with Gasteiger partial charge in [-0.1, -0.05) is 43.3 Å². The van der Waals surface area contributed by atoms with E-state index in [0.717, 1.165) is 5.69 Å². The lowest BCUT2D eigenvalue weighted by atomic mass is 10.0. The summed E-state index contributed by atoms with van der Waals surface area (Å²) < 4.78 is 0. The Bertz CT molecular complexity index is 748. The van der Waals surface area contributed by atoms with Crippen LogP contribution in [0.1, 0.15) is 18.4 Å². The zero-order valence-corrected chi connectivity index (χ0v) is 14.2. The maximum absolute atomic E-state index is 12.1. The Balaban J connectivity index is 1.55. The van der Waals surface area contributed by atoms with Gasteiger partial charge < -0.3 is 16.0 Å². The highest BCUT2D eigenvalue weighted by atomic mass is 16.2. The van der Waals surface area contributed by atoms with E-state index in [0.29, 0.717) is 25.3 Å². The van der Waals surface area contributed by atoms with Crippen LogP contribution in [0.3, 0.4) is 0 Å². The number of urea groups is 2. The van der Waals surface area contributed by atoms with Gasteiger partial charge in [0.25, 0.3) is 0 Å². The van der Waals surface area contributed by atoms with Crippen LogP contribution in [-0.2, 0) is 0 Å². The number of hydrogen-bond acceptors (Lipinski definition) is 2. The third-order valence-electron chi connectivity index (χ3n) is 4.21. The van der Waals surface area contributed by atoms with Gasteiger partial charge in [0.2, 0.25) is 0 Å². The first kappa shape index (κ1) is 16.8. The summed E-state index contributed by atoms with van der Waals surface area (Å²) in [7, 11) is 0. The van der Waals surface area contributed by atoms with Crippen molar-refractivity contribution in [1.82, 2.24) is 10.6 Å². The molecule has 2 aromatic carbocycles. The predicted octanol–water partition coefficient (Wildman–Crippen LogP) is 3.14. The molecule has 1 aliphatic rings. The van der Waals surface area contributed by atoms with E-state index in [4.69, 9.17) is 0 Å². The lowest BCUT2D eigenvalue weighted by Gasteiger charge is -2.16. The highest BCUT2D eigenvalue weighted by molar-refractivity contribution is 5.95. The van der Waals surface area contributed by atoms with Crippen molar-refractivity contribution in [3.63, 3.8) is 0 Å². The third-order valence-corrected chi connectivity index (χ3v) is 4.21. The molecule has 6 heteroatoms. The second-order valence-electron chi connectivity index (χ2n) is 6.08. The van der Waals surface area contributed by atoms with E-state index in [1.165, 1.54) is 5.56 Å². The Hall–Kier alpha value is -3.02. The highest BCUT2D eigenvalue weighted by Gasteiger charge is 2.21. The predicted molar refractivity (Wildman–Crippen MR) is 99.1 cm³/mol. The Morgan fingerprint density at radius 2 is 2.00 bits per heavy atom. The summed E-state index contributed by atoms with van der Waals surface area (Å²) in [6.45, 7) is 3.88. The van der Waals surface area contributed by atoms with E-state index in [-0.39, 0.29) is 18.0 Å². The number of amides is 4. The Kier molecular flexibility index (Phi) is 5.18. The largest absolute Gasteiger partial charge is 0.337 e. The molecule has 0 radical (unpaired) electrons. The smallest absolute Gasteiger partial charge is 0.321 e. The number of carbonyl (C=O) groups is 2. The van der Waals surface area contributed by atoms with Crippen LogP contribution in [0, 0.1) is 0 Å². The fraction of sp³-hybridized carbons (Fsp3) is 0.263. The summed E-state index contributed by atoms with van der Waals surface area (Å²) in [4.78, 5) is 25.5. The van der Waals surface area contributed by atoms with E-state index >= 15 is 0 Å². The Morgan fingerprint density at radius 3 is 2.72 bits per heavy atom. The van der Waals surface area contributed by atoms with Crippen molar-refractivity contribution >= 4 is 23.4 Å². The Morgan fingerprint density at radius 1 is 1.20 bits per heavy atom. The summed E-state index contributed by atoms with van der Waals surface area (Å²) >= 11 is 0. The number of nitrogens with one attached hydrogen (secondary N) is 3. The molecule has 0 unspecified atom stereocenters. The van der Waals surface area contributed by atoms with Gasteiger partial charge in [-0.2, -0.15) is 0 Å². The summed E-state index contributed by atoms with van der Waals surface area (Å²) in [5.41, 5.74) is 2.61. The van der Waals surface area contributed by atoms with Crippen LogP contribution in [0.25, 0.3) is 0 Å². The molecular formula is C19H22N4O2. The number of hydrogen-bond donors (Lipinski definition) is 3. The molecule has 0 bridgehead atoms. The molecule has 1 aliphatic heterocycles. The second kappa shape index (κ2) is 7.70. The van der Waals surface area contributed by atoms with Gasteiger partial charge in [-0.25, -0.2) is 9.59 Å². The van der Waals surface area contributed by atoms with Gasteiger partial charge in [-0.15, -0.1) is 0 Å². The fourth-order valence-corrected chi connectivity index (χ4v) is 2.79. The molecule has 6 nitrogen and oxygen atoms in total. The quantitative estimate of drug-likeness (QED) is 0.783. The zero-order chi connectivity index (χ0) is 17.6. The first-order chi connectivity index (χ1) is 12.1. The molecule has 0 aromatic heterocycles. The highest BCUT2D eigenvalue weighted by Crippen LogP contribution is 2.21. The van der Waals surface area contributed by atoms with Crippen molar-refractivity contribution < 1.29 is 9.59 Å². The number of rotatable bonds is 5. The average Bonchev–Trinajstić information content (AvgIpc) is 3.06. The molecule has 0 saturated carbocycles. The molecule has 2 aromatic rings. The molecule has 0 spiro atoms. The van der Waals surface area contributed by atoms with Gasteiger partial charge in [-0.05, 0) is 29.7 Å². The van der Waals surface area contributed by atoms with Gasteiger partial charge in [0.1, 0.15) is 0 Å². The fourth-order valence-electron chi connectivity index (χ4n) is 2.79. The van der Waals surface area contributed by atoms with E-state index in [1.807, 2.05) is 30.3 Å². The van der Waals surface area contributed by atoms with Crippen LogP contribution in [0.2, 0.25) is 0 Å². The van der Waals surface area contributed by atoms with Crippen LogP contribution < -0.4 is 20.9 Å². The molecule has 1 heterocycles. The lowest BCUT2D eigenvalue weighted by molar-refractivity contribution is 0.251. The molecule has 1 saturated heterocycles. The lowest BCUT2D eigenvalue weighted by Crippen LogP contribution is -2.32. The van der Waals surface area contributed by atoms with Gasteiger partial charge in [0.05, 0.1) is 0 Å². The molecule has 1 atom stereocenters. The average molecular weight is 338 g/mol. The third kappa shape index (κ3) is 4.29. The van der Waals surface area contributed by atoms with Crippen molar-refractivity contribution in [2.45, 2.75) is 12.8 Å². The van der Waals surface area contributed by atoms with E-state index < -0.39 is 0 Å². The van der Waals surface area contributed by atoms with Gasteiger partial charge >= 0.3 is 12.1 Å².